The monoisotopic (exact) mass is 608 g/mol. The molecule has 2 N–H and O–H groups in total. The normalized spacial score (nSPS) is 14.1. The molecule has 6 rings (SSSR count). The van der Waals surface area contributed by atoms with Crippen LogP contribution in [0.15, 0.2) is 60.0 Å². The summed E-state index contributed by atoms with van der Waals surface area (Å²) in [5.41, 5.74) is 7.32. The Morgan fingerprint density at radius 3 is 2.51 bits per heavy atom. The number of halogens is 3. The molecule has 0 radical (unpaired) electrons. The summed E-state index contributed by atoms with van der Waals surface area (Å²) in [7, 11) is 2.10. The Morgan fingerprint density at radius 1 is 1.09 bits per heavy atom. The lowest BCUT2D eigenvalue weighted by atomic mass is 10.0. The van der Waals surface area contributed by atoms with E-state index in [1.165, 1.54) is 11.1 Å². The highest BCUT2D eigenvalue weighted by Gasteiger charge is 2.38. The average molecular weight is 609 g/mol. The number of hydrogen-bond donors (Lipinski definition) is 2. The van der Waals surface area contributed by atoms with Crippen LogP contribution in [0.5, 0.6) is 5.75 Å². The van der Waals surface area contributed by atoms with Gasteiger partial charge in [0.15, 0.2) is 0 Å². The zero-order chi connectivity index (χ0) is 30.6. The first kappa shape index (κ1) is 29.9. The number of likely N-dealkylation sites (N-methyl/N-ethyl adjacent to an activating group) is 1. The standard InChI is InChI=1S/C29H26N4O2S.C2HF3O2/c1-32-11-13-33(14-12-32)29(34)20-9-10-25-21(16-20)18-26-27(30-31-28(25)26)22-17-24(36-19-22)8-5-15-35-23-6-3-2-4-7-23;3-2(4,5)1(6)7/h2-4,6-7,9-10,16-17,19H,11-15,18H2,1H3,(H,30,31);(H,6,7). The third-order valence-corrected chi connectivity index (χ3v) is 7.87. The molecule has 1 aliphatic heterocycles. The molecule has 2 aliphatic rings. The third kappa shape index (κ3) is 7.07. The number of nitrogens with one attached hydrogen (secondary N) is 1. The van der Waals surface area contributed by atoms with Gasteiger partial charge in [-0.1, -0.05) is 36.1 Å². The molecule has 2 aromatic carbocycles. The van der Waals surface area contributed by atoms with Gasteiger partial charge < -0.3 is 19.6 Å². The van der Waals surface area contributed by atoms with E-state index in [1.807, 2.05) is 41.3 Å². The number of rotatable bonds is 4. The number of alkyl halides is 3. The highest BCUT2D eigenvalue weighted by molar-refractivity contribution is 7.11. The van der Waals surface area contributed by atoms with E-state index in [9.17, 15) is 18.0 Å². The third-order valence-electron chi connectivity index (χ3n) is 7.03. The number of amides is 1. The van der Waals surface area contributed by atoms with Crippen molar-refractivity contribution in [1.29, 1.82) is 0 Å². The number of nitrogens with zero attached hydrogens (tertiary/aromatic N) is 3. The van der Waals surface area contributed by atoms with Gasteiger partial charge >= 0.3 is 12.1 Å². The lowest BCUT2D eigenvalue weighted by molar-refractivity contribution is -0.192. The van der Waals surface area contributed by atoms with Crippen molar-refractivity contribution in [2.75, 3.05) is 39.8 Å². The first-order valence-corrected chi connectivity index (χ1v) is 14.2. The Hall–Kier alpha value is -4.60. The highest BCUT2D eigenvalue weighted by Crippen LogP contribution is 2.41. The van der Waals surface area contributed by atoms with Crippen LogP contribution in [0.4, 0.5) is 13.2 Å². The van der Waals surface area contributed by atoms with Gasteiger partial charge in [0.05, 0.1) is 16.3 Å². The van der Waals surface area contributed by atoms with Gasteiger partial charge in [0.25, 0.3) is 5.91 Å². The van der Waals surface area contributed by atoms with Crippen molar-refractivity contribution in [3.05, 3.63) is 81.5 Å². The van der Waals surface area contributed by atoms with Gasteiger partial charge in [-0.3, -0.25) is 9.89 Å². The van der Waals surface area contributed by atoms with Crippen LogP contribution in [-0.2, 0) is 11.2 Å². The first-order chi connectivity index (χ1) is 20.6. The maximum atomic E-state index is 13.1. The Morgan fingerprint density at radius 2 is 1.81 bits per heavy atom. The fourth-order valence-electron chi connectivity index (χ4n) is 4.78. The summed E-state index contributed by atoms with van der Waals surface area (Å²) in [6.07, 6.45) is -4.32. The summed E-state index contributed by atoms with van der Waals surface area (Å²) >= 11 is 1.61. The summed E-state index contributed by atoms with van der Waals surface area (Å²) in [4.78, 5) is 27.2. The molecule has 0 bridgehead atoms. The van der Waals surface area contributed by atoms with E-state index in [1.54, 1.807) is 11.3 Å². The van der Waals surface area contributed by atoms with E-state index in [0.29, 0.717) is 6.61 Å². The smallest absolute Gasteiger partial charge is 0.481 e. The molecule has 2 aromatic heterocycles. The average Bonchev–Trinajstić information content (AvgIpc) is 3.71. The predicted octanol–water partition coefficient (Wildman–Crippen LogP) is 5.16. The van der Waals surface area contributed by atoms with Crippen molar-refractivity contribution in [1.82, 2.24) is 20.0 Å². The van der Waals surface area contributed by atoms with Crippen molar-refractivity contribution in [2.45, 2.75) is 12.6 Å². The number of carboxylic acids is 1. The van der Waals surface area contributed by atoms with Gasteiger partial charge in [-0.2, -0.15) is 18.3 Å². The number of hydrogen-bond acceptors (Lipinski definition) is 6. The second kappa shape index (κ2) is 12.7. The molecule has 1 saturated heterocycles. The number of aliphatic carboxylic acids is 1. The number of benzene rings is 2. The van der Waals surface area contributed by atoms with Gasteiger partial charge in [0, 0.05) is 60.2 Å². The quantitative estimate of drug-likeness (QED) is 0.274. The summed E-state index contributed by atoms with van der Waals surface area (Å²) in [6.45, 7) is 3.74. The maximum absolute atomic E-state index is 13.1. The summed E-state index contributed by atoms with van der Waals surface area (Å²) < 4.78 is 37.4. The molecule has 1 amide bonds. The number of ether oxygens (including phenoxy) is 1. The zero-order valence-electron chi connectivity index (χ0n) is 23.1. The molecule has 0 atom stereocenters. The zero-order valence-corrected chi connectivity index (χ0v) is 23.9. The predicted molar refractivity (Wildman–Crippen MR) is 156 cm³/mol. The molecule has 1 aliphatic carbocycles. The van der Waals surface area contributed by atoms with Gasteiger partial charge in [0.1, 0.15) is 12.4 Å². The van der Waals surface area contributed by atoms with Crippen LogP contribution in [0.2, 0.25) is 0 Å². The van der Waals surface area contributed by atoms with Crippen molar-refractivity contribution in [3.63, 3.8) is 0 Å². The largest absolute Gasteiger partial charge is 0.490 e. The maximum Gasteiger partial charge on any atom is 0.490 e. The molecular weight excluding hydrogens is 581 g/mol. The molecule has 0 saturated carbocycles. The number of aromatic amines is 1. The van der Waals surface area contributed by atoms with Crippen LogP contribution in [-0.4, -0.2) is 83.0 Å². The Kier molecular flexibility index (Phi) is 8.84. The van der Waals surface area contributed by atoms with Crippen LogP contribution < -0.4 is 4.74 Å². The van der Waals surface area contributed by atoms with Crippen LogP contribution in [0.1, 0.15) is 26.4 Å². The Balaban J connectivity index is 0.000000472. The Labute approximate surface area is 249 Å². The number of thiophene rings is 1. The molecule has 0 spiro atoms. The molecule has 43 heavy (non-hydrogen) atoms. The van der Waals surface area contributed by atoms with Gasteiger partial charge in [-0.25, -0.2) is 4.79 Å². The van der Waals surface area contributed by atoms with Crippen molar-refractivity contribution < 1.29 is 32.6 Å². The molecular formula is C31H27F3N4O4S. The van der Waals surface area contributed by atoms with Crippen LogP contribution in [0.25, 0.3) is 22.5 Å². The summed E-state index contributed by atoms with van der Waals surface area (Å²) in [5.74, 6) is 4.47. The molecule has 3 heterocycles. The second-order valence-corrected chi connectivity index (χ2v) is 10.9. The number of H-pyrrole nitrogens is 1. The van der Waals surface area contributed by atoms with E-state index in [2.05, 4.69) is 57.6 Å². The summed E-state index contributed by atoms with van der Waals surface area (Å²) in [5, 5.41) is 17.1. The molecule has 8 nitrogen and oxygen atoms in total. The van der Waals surface area contributed by atoms with Gasteiger partial charge in [-0.05, 0) is 42.9 Å². The lowest BCUT2D eigenvalue weighted by Crippen LogP contribution is -2.47. The van der Waals surface area contributed by atoms with E-state index in [0.717, 1.165) is 71.3 Å². The van der Waals surface area contributed by atoms with Gasteiger partial charge in [0.2, 0.25) is 0 Å². The second-order valence-electron chi connectivity index (χ2n) is 9.98. The van der Waals surface area contributed by atoms with Crippen molar-refractivity contribution >= 4 is 23.2 Å². The number of fused-ring (bicyclic) bond motifs is 3. The van der Waals surface area contributed by atoms with E-state index >= 15 is 0 Å². The number of aromatic nitrogens is 2. The molecule has 222 valence electrons. The Bertz CT molecular complexity index is 1680. The molecule has 0 unspecified atom stereocenters. The lowest BCUT2D eigenvalue weighted by Gasteiger charge is -2.32. The SMILES string of the molecule is CN1CCN(C(=O)c2ccc3c(c2)Cc2c(-c4csc(C#CCOc5ccccc5)c4)n[nH]c2-3)CC1.O=C(O)C(F)(F)F. The van der Waals surface area contributed by atoms with Crippen molar-refractivity contribution in [3.8, 4) is 40.1 Å². The van der Waals surface area contributed by atoms with Gasteiger partial charge in [-0.15, -0.1) is 11.3 Å². The minimum Gasteiger partial charge on any atom is -0.481 e. The highest BCUT2D eigenvalue weighted by atomic mass is 32.1. The van der Waals surface area contributed by atoms with E-state index in [-0.39, 0.29) is 5.91 Å². The topological polar surface area (TPSA) is 98.8 Å². The van der Waals surface area contributed by atoms with E-state index in [4.69, 9.17) is 14.6 Å². The fourth-order valence-corrected chi connectivity index (χ4v) is 5.54. The number of carboxylic acid groups (broad SMARTS) is 1. The van der Waals surface area contributed by atoms with Crippen LogP contribution in [0.3, 0.4) is 0 Å². The number of para-hydroxylation sites is 1. The summed E-state index contributed by atoms with van der Waals surface area (Å²) in [6, 6.07) is 17.9. The van der Waals surface area contributed by atoms with Crippen LogP contribution >= 0.6 is 11.3 Å². The fraction of sp³-hybridized carbons (Fsp3) is 0.258. The minimum atomic E-state index is -5.08. The van der Waals surface area contributed by atoms with Crippen molar-refractivity contribution in [2.24, 2.45) is 0 Å². The number of carbonyl (C=O) groups is 2. The number of carbonyl (C=O) groups excluding carboxylic acids is 1. The minimum absolute atomic E-state index is 0.122. The molecule has 1 fully saturated rings. The molecule has 12 heteroatoms. The van der Waals surface area contributed by atoms with E-state index < -0.39 is 12.1 Å². The molecule has 4 aromatic rings. The first-order valence-electron chi connectivity index (χ1n) is 13.3. The van der Waals surface area contributed by atoms with Crippen LogP contribution in [0, 0.1) is 11.8 Å². The number of piperazine rings is 1.